The van der Waals surface area contributed by atoms with Crippen LogP contribution in [0.2, 0.25) is 0 Å². The van der Waals surface area contributed by atoms with Gasteiger partial charge in [0.15, 0.2) is 0 Å². The highest BCUT2D eigenvalue weighted by Crippen LogP contribution is 2.24. The molecule has 4 nitrogen and oxygen atoms in total. The fourth-order valence-corrected chi connectivity index (χ4v) is 1.54. The SMILES string of the molecule is Cc1ccnc(N)c1C(O)CCOCC(F)F. The largest absolute Gasteiger partial charge is 0.388 e. The van der Waals surface area contributed by atoms with Gasteiger partial charge in [-0.15, -0.1) is 0 Å². The topological polar surface area (TPSA) is 68.4 Å². The average molecular weight is 246 g/mol. The molecule has 0 fully saturated rings. The molecule has 0 saturated heterocycles. The molecule has 0 aliphatic heterocycles. The zero-order valence-corrected chi connectivity index (χ0v) is 9.57. The van der Waals surface area contributed by atoms with E-state index in [9.17, 15) is 13.9 Å². The third-order valence-corrected chi connectivity index (χ3v) is 2.35. The van der Waals surface area contributed by atoms with Gasteiger partial charge in [-0.05, 0) is 18.6 Å². The molecule has 0 saturated carbocycles. The number of aryl methyl sites for hydroxylation is 1. The molecule has 1 aromatic rings. The molecule has 1 rings (SSSR count). The zero-order valence-electron chi connectivity index (χ0n) is 9.57. The third-order valence-electron chi connectivity index (χ3n) is 2.35. The number of aromatic nitrogens is 1. The molecule has 6 heteroatoms. The van der Waals surface area contributed by atoms with Crippen LogP contribution in [0.1, 0.15) is 23.7 Å². The monoisotopic (exact) mass is 246 g/mol. The van der Waals surface area contributed by atoms with Gasteiger partial charge in [-0.3, -0.25) is 0 Å². The van der Waals surface area contributed by atoms with Gasteiger partial charge in [0.25, 0.3) is 6.43 Å². The minimum Gasteiger partial charge on any atom is -0.388 e. The Morgan fingerprint density at radius 2 is 2.24 bits per heavy atom. The minimum absolute atomic E-state index is 0.0548. The molecule has 0 spiro atoms. The van der Waals surface area contributed by atoms with Crippen molar-refractivity contribution >= 4 is 5.82 Å². The number of alkyl halides is 2. The third kappa shape index (κ3) is 4.24. The lowest BCUT2D eigenvalue weighted by atomic mass is 10.0. The smallest absolute Gasteiger partial charge is 0.261 e. The van der Waals surface area contributed by atoms with Gasteiger partial charge in [-0.1, -0.05) is 0 Å². The number of nitrogens with zero attached hydrogens (tertiary/aromatic N) is 1. The van der Waals surface area contributed by atoms with Crippen LogP contribution in [0, 0.1) is 6.92 Å². The van der Waals surface area contributed by atoms with Gasteiger partial charge in [0.05, 0.1) is 6.10 Å². The zero-order chi connectivity index (χ0) is 12.8. The number of hydrogen-bond donors (Lipinski definition) is 2. The van der Waals surface area contributed by atoms with Crippen molar-refractivity contribution in [1.29, 1.82) is 0 Å². The molecule has 0 aliphatic rings. The van der Waals surface area contributed by atoms with Crippen LogP contribution < -0.4 is 5.73 Å². The van der Waals surface area contributed by atoms with Crippen LogP contribution in [0.5, 0.6) is 0 Å². The molecule has 0 aliphatic carbocycles. The molecule has 0 radical (unpaired) electrons. The highest BCUT2D eigenvalue weighted by molar-refractivity contribution is 5.45. The second-order valence-electron chi connectivity index (χ2n) is 3.70. The van der Waals surface area contributed by atoms with E-state index in [-0.39, 0.29) is 18.8 Å². The van der Waals surface area contributed by atoms with E-state index in [4.69, 9.17) is 10.5 Å². The summed E-state index contributed by atoms with van der Waals surface area (Å²) in [7, 11) is 0. The van der Waals surface area contributed by atoms with Crippen LogP contribution in [-0.4, -0.2) is 29.7 Å². The van der Waals surface area contributed by atoms with E-state index in [1.807, 2.05) is 0 Å². The molecule has 1 aromatic heterocycles. The molecule has 0 bridgehead atoms. The van der Waals surface area contributed by atoms with Crippen LogP contribution >= 0.6 is 0 Å². The lowest BCUT2D eigenvalue weighted by Gasteiger charge is -2.15. The normalized spacial score (nSPS) is 13.0. The fourth-order valence-electron chi connectivity index (χ4n) is 1.54. The van der Waals surface area contributed by atoms with Gasteiger partial charge in [0.2, 0.25) is 0 Å². The first-order chi connectivity index (χ1) is 8.02. The summed E-state index contributed by atoms with van der Waals surface area (Å²) in [6.45, 7) is 1.24. The van der Waals surface area contributed by atoms with E-state index in [0.29, 0.717) is 5.56 Å². The van der Waals surface area contributed by atoms with Crippen LogP contribution in [0.15, 0.2) is 12.3 Å². The fraction of sp³-hybridized carbons (Fsp3) is 0.545. The van der Waals surface area contributed by atoms with Crippen molar-refractivity contribution in [2.45, 2.75) is 25.9 Å². The lowest BCUT2D eigenvalue weighted by molar-refractivity contribution is 0.00480. The van der Waals surface area contributed by atoms with Crippen molar-refractivity contribution in [3.05, 3.63) is 23.4 Å². The number of aliphatic hydroxyl groups excluding tert-OH is 1. The van der Waals surface area contributed by atoms with Crippen molar-refractivity contribution in [3.8, 4) is 0 Å². The summed E-state index contributed by atoms with van der Waals surface area (Å²) in [6, 6.07) is 1.73. The van der Waals surface area contributed by atoms with Gasteiger partial charge in [0, 0.05) is 24.8 Å². The molecule has 0 amide bonds. The van der Waals surface area contributed by atoms with E-state index in [1.54, 1.807) is 19.2 Å². The molecule has 17 heavy (non-hydrogen) atoms. The van der Waals surface area contributed by atoms with Crippen LogP contribution in [0.4, 0.5) is 14.6 Å². The highest BCUT2D eigenvalue weighted by Gasteiger charge is 2.14. The molecule has 0 aromatic carbocycles. The first-order valence-electron chi connectivity index (χ1n) is 5.27. The maximum Gasteiger partial charge on any atom is 0.261 e. The van der Waals surface area contributed by atoms with Crippen molar-refractivity contribution in [1.82, 2.24) is 4.98 Å². The van der Waals surface area contributed by atoms with Crippen LogP contribution in [0.3, 0.4) is 0 Å². The quantitative estimate of drug-likeness (QED) is 0.749. The Morgan fingerprint density at radius 3 is 2.82 bits per heavy atom. The Morgan fingerprint density at radius 1 is 1.53 bits per heavy atom. The summed E-state index contributed by atoms with van der Waals surface area (Å²) >= 11 is 0. The lowest BCUT2D eigenvalue weighted by Crippen LogP contribution is -2.11. The summed E-state index contributed by atoms with van der Waals surface area (Å²) in [4.78, 5) is 3.87. The average Bonchev–Trinajstić information content (AvgIpc) is 2.24. The van der Waals surface area contributed by atoms with Crippen molar-refractivity contribution in [3.63, 3.8) is 0 Å². The number of rotatable bonds is 6. The van der Waals surface area contributed by atoms with E-state index in [1.165, 1.54) is 0 Å². The van der Waals surface area contributed by atoms with E-state index in [0.717, 1.165) is 5.56 Å². The number of aliphatic hydroxyl groups is 1. The highest BCUT2D eigenvalue weighted by atomic mass is 19.3. The Labute approximate surface area is 98.4 Å². The summed E-state index contributed by atoms with van der Waals surface area (Å²) in [6.07, 6.45) is -1.57. The van der Waals surface area contributed by atoms with E-state index < -0.39 is 19.1 Å². The number of nitrogens with two attached hydrogens (primary N) is 1. The van der Waals surface area contributed by atoms with Gasteiger partial charge >= 0.3 is 0 Å². The standard InChI is InChI=1S/C11H16F2N2O2/c1-7-2-4-15-11(14)10(7)8(16)3-5-17-6-9(12)13/h2,4,8-9,16H,3,5-6H2,1H3,(H2,14,15). The predicted molar refractivity (Wildman–Crippen MR) is 59.8 cm³/mol. The van der Waals surface area contributed by atoms with Gasteiger partial charge in [-0.25, -0.2) is 13.8 Å². The van der Waals surface area contributed by atoms with Gasteiger partial charge in [0.1, 0.15) is 12.4 Å². The van der Waals surface area contributed by atoms with Crippen molar-refractivity contribution in [2.75, 3.05) is 18.9 Å². The molecule has 96 valence electrons. The summed E-state index contributed by atoms with van der Waals surface area (Å²) < 4.78 is 28.3. The number of hydrogen-bond acceptors (Lipinski definition) is 4. The minimum atomic E-state index is -2.49. The maximum atomic E-state index is 11.8. The molecule has 1 heterocycles. The van der Waals surface area contributed by atoms with Crippen molar-refractivity contribution < 1.29 is 18.6 Å². The second kappa shape index (κ2) is 6.46. The first-order valence-corrected chi connectivity index (χ1v) is 5.27. The first kappa shape index (κ1) is 13.8. The molecule has 3 N–H and O–H groups in total. The van der Waals surface area contributed by atoms with Crippen molar-refractivity contribution in [2.24, 2.45) is 0 Å². The molecular formula is C11H16F2N2O2. The number of halogens is 2. The van der Waals surface area contributed by atoms with Crippen LogP contribution in [-0.2, 0) is 4.74 Å². The Kier molecular flexibility index (Phi) is 5.24. The second-order valence-corrected chi connectivity index (χ2v) is 3.70. The Hall–Kier alpha value is -1.27. The predicted octanol–water partition coefficient (Wildman–Crippen LogP) is 1.68. The molecule has 1 atom stereocenters. The Balaban J connectivity index is 2.49. The Bertz CT molecular complexity index is 341. The molecular weight excluding hydrogens is 230 g/mol. The number of nitrogen functional groups attached to an aromatic ring is 1. The van der Waals surface area contributed by atoms with Gasteiger partial charge < -0.3 is 15.6 Å². The molecule has 1 unspecified atom stereocenters. The van der Waals surface area contributed by atoms with Crippen LogP contribution in [0.25, 0.3) is 0 Å². The van der Waals surface area contributed by atoms with E-state index >= 15 is 0 Å². The summed E-state index contributed by atoms with van der Waals surface area (Å²) in [5.41, 5.74) is 7.00. The van der Waals surface area contributed by atoms with Gasteiger partial charge in [-0.2, -0.15) is 0 Å². The summed E-state index contributed by atoms with van der Waals surface area (Å²) in [5, 5.41) is 9.86. The van der Waals surface area contributed by atoms with E-state index in [2.05, 4.69) is 4.98 Å². The number of pyridine rings is 1. The summed E-state index contributed by atoms with van der Waals surface area (Å²) in [5.74, 6) is 0.256. The number of ether oxygens (including phenoxy) is 1. The maximum absolute atomic E-state index is 11.8. The number of anilines is 1.